The Balaban J connectivity index is 1.19. The number of ether oxygens (including phenoxy) is 1. The number of fused-ring (bicyclic) bond motifs is 2. The summed E-state index contributed by atoms with van der Waals surface area (Å²) in [6.45, 7) is 6.99. The van der Waals surface area contributed by atoms with Crippen LogP contribution in [0, 0.1) is 24.1 Å². The van der Waals surface area contributed by atoms with Crippen LogP contribution in [0.2, 0.25) is 0 Å². The summed E-state index contributed by atoms with van der Waals surface area (Å²) in [5.74, 6) is -0.611. The lowest BCUT2D eigenvalue weighted by Crippen LogP contribution is -2.60. The van der Waals surface area contributed by atoms with Crippen LogP contribution in [0.5, 0.6) is 0 Å². The Morgan fingerprint density at radius 2 is 2.23 bits per heavy atom. The van der Waals surface area contributed by atoms with Crippen molar-refractivity contribution in [1.82, 2.24) is 20.2 Å². The molecule has 3 unspecified atom stereocenters. The number of hydrazone groups is 1. The van der Waals surface area contributed by atoms with Crippen LogP contribution in [0.3, 0.4) is 0 Å². The summed E-state index contributed by atoms with van der Waals surface area (Å²) >= 11 is 0. The number of nitrogens with zero attached hydrogens (tertiary/aromatic N) is 6. The van der Waals surface area contributed by atoms with E-state index in [0.717, 1.165) is 54.7 Å². The van der Waals surface area contributed by atoms with E-state index < -0.39 is 5.82 Å². The molecule has 0 radical (unpaired) electrons. The molecule has 2 aliphatic heterocycles. The van der Waals surface area contributed by atoms with Gasteiger partial charge in [-0.25, -0.2) is 9.38 Å². The lowest BCUT2D eigenvalue weighted by atomic mass is 9.96. The number of rotatable bonds is 7. The lowest BCUT2D eigenvalue weighted by Gasteiger charge is -2.46. The number of aliphatic imine (C=N–C) groups is 1. The molecule has 1 N–H and O–H groups in total. The molecule has 1 aliphatic carbocycles. The number of aryl methyl sites for hydroxylation is 1. The minimum absolute atomic E-state index is 0.0752. The van der Waals surface area contributed by atoms with Gasteiger partial charge in [0, 0.05) is 32.4 Å². The predicted octanol–water partition coefficient (Wildman–Crippen LogP) is 3.75. The second-order valence-corrected chi connectivity index (χ2v) is 10.3. The lowest BCUT2D eigenvalue weighted by molar-refractivity contribution is -0.141. The Morgan fingerprint density at radius 1 is 1.36 bits per heavy atom. The van der Waals surface area contributed by atoms with Crippen molar-refractivity contribution in [3.63, 3.8) is 0 Å². The zero-order valence-corrected chi connectivity index (χ0v) is 22.4. The molecule has 2 saturated heterocycles. The molecule has 3 heterocycles. The number of carbonyl (C=O) groups excluding carboxylic acids is 1. The number of amides is 1. The third-order valence-corrected chi connectivity index (χ3v) is 7.89. The zero-order chi connectivity index (χ0) is 27.4. The molecule has 9 nitrogen and oxygen atoms in total. The van der Waals surface area contributed by atoms with Crippen molar-refractivity contribution in [1.29, 1.82) is 5.26 Å². The van der Waals surface area contributed by atoms with Crippen LogP contribution >= 0.6 is 0 Å². The number of carbonyl (C=O) groups is 1. The first-order chi connectivity index (χ1) is 19.0. The fourth-order valence-corrected chi connectivity index (χ4v) is 5.73. The van der Waals surface area contributed by atoms with Crippen LogP contribution in [0.1, 0.15) is 66.2 Å². The number of nitriles is 1. The van der Waals surface area contributed by atoms with Crippen LogP contribution in [-0.4, -0.2) is 72.1 Å². The number of pyridine rings is 1. The highest BCUT2D eigenvalue weighted by molar-refractivity contribution is 5.85. The van der Waals surface area contributed by atoms with E-state index in [4.69, 9.17) is 4.74 Å². The van der Waals surface area contributed by atoms with Crippen molar-refractivity contribution in [3.8, 4) is 6.07 Å². The van der Waals surface area contributed by atoms with E-state index in [-0.39, 0.29) is 29.5 Å². The summed E-state index contributed by atoms with van der Waals surface area (Å²) in [6, 6.07) is 7.14. The minimum atomic E-state index is -0.504. The van der Waals surface area contributed by atoms with Gasteiger partial charge in [-0.1, -0.05) is 19.4 Å². The van der Waals surface area contributed by atoms with Gasteiger partial charge in [0.15, 0.2) is 0 Å². The Morgan fingerprint density at radius 3 is 3.05 bits per heavy atom. The van der Waals surface area contributed by atoms with Crippen molar-refractivity contribution in [3.05, 3.63) is 58.2 Å². The van der Waals surface area contributed by atoms with Crippen LogP contribution in [-0.2, 0) is 16.0 Å². The maximum atomic E-state index is 14.0. The molecule has 2 aromatic rings. The topological polar surface area (TPSA) is 106 Å². The number of piperazine rings is 1. The van der Waals surface area contributed by atoms with Gasteiger partial charge in [0.2, 0.25) is 5.91 Å². The molecule has 1 amide bonds. The van der Waals surface area contributed by atoms with Crippen molar-refractivity contribution in [2.75, 3.05) is 32.8 Å². The van der Waals surface area contributed by atoms with E-state index in [2.05, 4.69) is 32.3 Å². The van der Waals surface area contributed by atoms with Gasteiger partial charge in [-0.2, -0.15) is 10.4 Å². The van der Waals surface area contributed by atoms with Crippen LogP contribution in [0.15, 0.2) is 34.5 Å². The summed E-state index contributed by atoms with van der Waals surface area (Å²) in [5.41, 5.74) is 7.02. The van der Waals surface area contributed by atoms with Gasteiger partial charge in [0.05, 0.1) is 47.8 Å². The van der Waals surface area contributed by atoms with Crippen LogP contribution in [0.25, 0.3) is 0 Å². The fraction of sp³-hybridized carbons (Fsp3) is 0.483. The maximum absolute atomic E-state index is 14.0. The first-order valence-corrected chi connectivity index (χ1v) is 13.6. The average Bonchev–Trinajstić information content (AvgIpc) is 3.37. The standard InChI is InChI=1S/C29H34FN7O2/c1-3-4-9-34-35-18-33-21-12-20-5-6-24(28(20)32-14-21)29(38)37-11-10-36-16-27(39-17-22(36)15-37)23-7-8-26(30)25(13-31)19(23)2/h7-9,12,14,18,22,24,27H,3-6,10-11,15-17H2,1-2H3,(H,33,35). The molecule has 2 fully saturated rings. The Bertz CT molecular complexity index is 1320. The van der Waals surface area contributed by atoms with Crippen molar-refractivity contribution >= 4 is 24.1 Å². The zero-order valence-electron chi connectivity index (χ0n) is 22.4. The first-order valence-electron chi connectivity index (χ1n) is 13.6. The number of nitrogens with one attached hydrogen (secondary N) is 1. The number of unbranched alkanes of at least 4 members (excludes halogenated alkanes) is 1. The molecule has 204 valence electrons. The monoisotopic (exact) mass is 531 g/mol. The maximum Gasteiger partial charge on any atom is 0.231 e. The van der Waals surface area contributed by atoms with E-state index in [1.54, 1.807) is 25.5 Å². The highest BCUT2D eigenvalue weighted by atomic mass is 19.1. The van der Waals surface area contributed by atoms with Crippen molar-refractivity contribution in [2.24, 2.45) is 10.1 Å². The van der Waals surface area contributed by atoms with Crippen LogP contribution in [0.4, 0.5) is 10.1 Å². The second kappa shape index (κ2) is 12.0. The largest absolute Gasteiger partial charge is 0.370 e. The molecule has 5 rings (SSSR count). The summed E-state index contributed by atoms with van der Waals surface area (Å²) < 4.78 is 20.2. The number of aromatic nitrogens is 1. The molecular weight excluding hydrogens is 497 g/mol. The number of halogens is 1. The summed E-state index contributed by atoms with van der Waals surface area (Å²) in [6.07, 6.45) is 8.37. The molecule has 39 heavy (non-hydrogen) atoms. The predicted molar refractivity (Wildman–Crippen MR) is 146 cm³/mol. The minimum Gasteiger partial charge on any atom is -0.370 e. The number of hydrogen-bond acceptors (Lipinski definition) is 7. The van der Waals surface area contributed by atoms with Gasteiger partial charge < -0.3 is 9.64 Å². The Kier molecular flexibility index (Phi) is 8.29. The summed E-state index contributed by atoms with van der Waals surface area (Å²) in [4.78, 5) is 26.9. The number of hydrogen-bond donors (Lipinski definition) is 1. The normalized spacial score (nSPS) is 23.1. The molecule has 10 heteroatoms. The SMILES string of the molecule is CCCC=NNC=Nc1cnc2c(c1)CCC2C(=O)N1CCN2CC(c3ccc(F)c(C#N)c3C)OCC2C1. The molecule has 0 bridgehead atoms. The fourth-order valence-electron chi connectivity index (χ4n) is 5.73. The van der Waals surface area contributed by atoms with Gasteiger partial charge in [-0.15, -0.1) is 0 Å². The number of morpholine rings is 1. The molecule has 0 spiro atoms. The molecule has 3 atom stereocenters. The first kappa shape index (κ1) is 26.9. The van der Waals surface area contributed by atoms with E-state index in [9.17, 15) is 14.4 Å². The molecule has 1 aromatic carbocycles. The Hall–Kier alpha value is -3.68. The van der Waals surface area contributed by atoms with Gasteiger partial charge >= 0.3 is 0 Å². The third-order valence-electron chi connectivity index (χ3n) is 7.89. The van der Waals surface area contributed by atoms with Crippen molar-refractivity contribution < 1.29 is 13.9 Å². The highest BCUT2D eigenvalue weighted by Crippen LogP contribution is 2.36. The number of benzene rings is 1. The molecular formula is C29H34FN7O2. The molecule has 1 aromatic heterocycles. The van der Waals surface area contributed by atoms with Gasteiger partial charge in [0.1, 0.15) is 18.2 Å². The average molecular weight is 532 g/mol. The smallest absolute Gasteiger partial charge is 0.231 e. The summed E-state index contributed by atoms with van der Waals surface area (Å²) in [5, 5.41) is 13.4. The Labute approximate surface area is 228 Å². The second-order valence-electron chi connectivity index (χ2n) is 10.3. The van der Waals surface area contributed by atoms with Crippen molar-refractivity contribution in [2.45, 2.75) is 57.6 Å². The van der Waals surface area contributed by atoms with E-state index in [1.807, 2.05) is 23.3 Å². The third kappa shape index (κ3) is 5.70. The molecule has 0 saturated carbocycles. The highest BCUT2D eigenvalue weighted by Gasteiger charge is 2.39. The molecule has 3 aliphatic rings. The van der Waals surface area contributed by atoms with Crippen LogP contribution < -0.4 is 5.43 Å². The quantitative estimate of drug-likeness (QED) is 0.331. The van der Waals surface area contributed by atoms with E-state index in [1.165, 1.54) is 6.07 Å². The summed E-state index contributed by atoms with van der Waals surface area (Å²) in [7, 11) is 0. The van der Waals surface area contributed by atoms with E-state index in [0.29, 0.717) is 31.8 Å². The van der Waals surface area contributed by atoms with Gasteiger partial charge in [-0.3, -0.25) is 20.1 Å². The van der Waals surface area contributed by atoms with E-state index >= 15 is 0 Å². The van der Waals surface area contributed by atoms with Gasteiger partial charge in [-0.05, 0) is 55.0 Å². The van der Waals surface area contributed by atoms with Gasteiger partial charge in [0.25, 0.3) is 0 Å².